The van der Waals surface area contributed by atoms with E-state index >= 15 is 0 Å². The van der Waals surface area contributed by atoms with Crippen LogP contribution in [0.25, 0.3) is 0 Å². The summed E-state index contributed by atoms with van der Waals surface area (Å²) in [5.41, 5.74) is 0.636. The molecule has 1 rings (SSSR count). The van der Waals surface area contributed by atoms with Gasteiger partial charge in [-0.05, 0) is 27.6 Å². The fourth-order valence-corrected chi connectivity index (χ4v) is 1.58. The Labute approximate surface area is 94.0 Å². The van der Waals surface area contributed by atoms with Crippen LogP contribution in [-0.4, -0.2) is 11.1 Å². The standard InChI is InChI=1S/C9H5BrClNO2/c10-7-2-1-5(3-8(13)14)6(4-12)9(7)11/h1-2H,3H2,(H,13,14). The summed E-state index contributed by atoms with van der Waals surface area (Å²) in [6.07, 6.45) is -0.199. The predicted molar refractivity (Wildman–Crippen MR) is 55.2 cm³/mol. The molecule has 5 heteroatoms. The summed E-state index contributed by atoms with van der Waals surface area (Å²) in [4.78, 5) is 10.5. The molecule has 0 saturated carbocycles. The quantitative estimate of drug-likeness (QED) is 0.901. The zero-order valence-electron chi connectivity index (χ0n) is 6.92. The highest BCUT2D eigenvalue weighted by Crippen LogP contribution is 2.28. The van der Waals surface area contributed by atoms with Crippen molar-refractivity contribution in [2.75, 3.05) is 0 Å². The van der Waals surface area contributed by atoms with E-state index in [1.807, 2.05) is 6.07 Å². The first-order valence-corrected chi connectivity index (χ1v) is 4.82. The van der Waals surface area contributed by atoms with E-state index in [0.717, 1.165) is 0 Å². The zero-order valence-corrected chi connectivity index (χ0v) is 9.26. The van der Waals surface area contributed by atoms with Crippen LogP contribution in [0.1, 0.15) is 11.1 Å². The number of hydrogen-bond donors (Lipinski definition) is 1. The molecule has 0 aliphatic heterocycles. The Balaban J connectivity index is 3.26. The van der Waals surface area contributed by atoms with Gasteiger partial charge in [-0.25, -0.2) is 0 Å². The smallest absolute Gasteiger partial charge is 0.307 e. The normalized spacial score (nSPS) is 9.50. The first-order chi connectivity index (χ1) is 6.56. The molecule has 72 valence electrons. The highest BCUT2D eigenvalue weighted by Gasteiger charge is 2.12. The monoisotopic (exact) mass is 273 g/mol. The van der Waals surface area contributed by atoms with Gasteiger partial charge < -0.3 is 5.11 Å². The van der Waals surface area contributed by atoms with Crippen LogP contribution < -0.4 is 0 Å². The van der Waals surface area contributed by atoms with Crippen molar-refractivity contribution >= 4 is 33.5 Å². The summed E-state index contributed by atoms with van der Waals surface area (Å²) < 4.78 is 0.588. The number of nitriles is 1. The number of nitrogens with zero attached hydrogens (tertiary/aromatic N) is 1. The molecule has 0 atom stereocenters. The lowest BCUT2D eigenvalue weighted by Crippen LogP contribution is -2.02. The average molecular weight is 275 g/mol. The van der Waals surface area contributed by atoms with E-state index < -0.39 is 5.97 Å². The molecule has 1 aromatic carbocycles. The summed E-state index contributed by atoms with van der Waals surface area (Å²) in [7, 11) is 0. The third-order valence-electron chi connectivity index (χ3n) is 1.63. The Morgan fingerprint density at radius 3 is 2.79 bits per heavy atom. The van der Waals surface area contributed by atoms with Crippen molar-refractivity contribution in [2.45, 2.75) is 6.42 Å². The van der Waals surface area contributed by atoms with Crippen LogP contribution in [0.5, 0.6) is 0 Å². The Kier molecular flexibility index (Phi) is 3.50. The molecule has 1 aromatic rings. The van der Waals surface area contributed by atoms with Crippen LogP contribution in [0.3, 0.4) is 0 Å². The van der Waals surface area contributed by atoms with Gasteiger partial charge in [0.1, 0.15) is 6.07 Å². The summed E-state index contributed by atoms with van der Waals surface area (Å²) in [6, 6.07) is 5.08. The molecule has 0 saturated heterocycles. The number of halogens is 2. The summed E-state index contributed by atoms with van der Waals surface area (Å²) in [5, 5.41) is 17.6. The van der Waals surface area contributed by atoms with E-state index in [0.29, 0.717) is 10.0 Å². The van der Waals surface area contributed by atoms with Crippen molar-refractivity contribution < 1.29 is 9.90 Å². The predicted octanol–water partition coefficient (Wildman–Crippen LogP) is 2.60. The van der Waals surface area contributed by atoms with Crippen molar-refractivity contribution in [3.8, 4) is 6.07 Å². The molecule has 0 aliphatic rings. The first kappa shape index (κ1) is 11.0. The van der Waals surface area contributed by atoms with Gasteiger partial charge >= 0.3 is 5.97 Å². The van der Waals surface area contributed by atoms with E-state index in [4.69, 9.17) is 22.0 Å². The molecule has 0 bridgehead atoms. The summed E-state index contributed by atoms with van der Waals surface area (Å²) >= 11 is 8.98. The molecule has 0 unspecified atom stereocenters. The third-order valence-corrected chi connectivity index (χ3v) is 2.92. The number of benzene rings is 1. The van der Waals surface area contributed by atoms with Crippen molar-refractivity contribution in [1.82, 2.24) is 0 Å². The van der Waals surface area contributed by atoms with Crippen LogP contribution >= 0.6 is 27.5 Å². The molecule has 0 aliphatic carbocycles. The maximum absolute atomic E-state index is 10.5. The van der Waals surface area contributed by atoms with E-state index in [9.17, 15) is 4.79 Å². The highest BCUT2D eigenvalue weighted by atomic mass is 79.9. The van der Waals surface area contributed by atoms with Crippen LogP contribution in [0, 0.1) is 11.3 Å². The minimum atomic E-state index is -0.986. The second-order valence-electron chi connectivity index (χ2n) is 2.58. The molecule has 0 amide bonds. The second kappa shape index (κ2) is 4.45. The van der Waals surface area contributed by atoms with Crippen molar-refractivity contribution in [3.05, 3.63) is 32.8 Å². The zero-order chi connectivity index (χ0) is 10.7. The Bertz CT molecular complexity index is 426. The molecule has 1 N–H and O–H groups in total. The topological polar surface area (TPSA) is 61.1 Å². The van der Waals surface area contributed by atoms with Crippen molar-refractivity contribution in [1.29, 1.82) is 5.26 Å². The lowest BCUT2D eigenvalue weighted by Gasteiger charge is -2.04. The van der Waals surface area contributed by atoms with Gasteiger partial charge in [0.15, 0.2) is 0 Å². The molecule has 0 spiro atoms. The second-order valence-corrected chi connectivity index (χ2v) is 3.81. The lowest BCUT2D eigenvalue weighted by molar-refractivity contribution is -0.136. The van der Waals surface area contributed by atoms with E-state index in [1.165, 1.54) is 0 Å². The van der Waals surface area contributed by atoms with Crippen LogP contribution in [0.2, 0.25) is 5.02 Å². The molecular formula is C9H5BrClNO2. The fraction of sp³-hybridized carbons (Fsp3) is 0.111. The van der Waals surface area contributed by atoms with Gasteiger partial charge in [0.2, 0.25) is 0 Å². The summed E-state index contributed by atoms with van der Waals surface area (Å²) in [6.45, 7) is 0. The number of rotatable bonds is 2. The molecular weight excluding hydrogens is 269 g/mol. The Morgan fingerprint density at radius 1 is 1.64 bits per heavy atom. The first-order valence-electron chi connectivity index (χ1n) is 3.65. The fourth-order valence-electron chi connectivity index (χ4n) is 1.02. The number of carbonyl (C=O) groups is 1. The van der Waals surface area contributed by atoms with E-state index in [-0.39, 0.29) is 17.0 Å². The molecule has 0 radical (unpaired) electrons. The van der Waals surface area contributed by atoms with Gasteiger partial charge in [-0.1, -0.05) is 17.7 Å². The molecule has 0 fully saturated rings. The van der Waals surface area contributed by atoms with Gasteiger partial charge in [-0.2, -0.15) is 5.26 Å². The van der Waals surface area contributed by atoms with E-state index in [1.54, 1.807) is 12.1 Å². The van der Waals surface area contributed by atoms with Gasteiger partial charge in [0.05, 0.1) is 17.0 Å². The number of aliphatic carboxylic acids is 1. The third kappa shape index (κ3) is 2.25. The number of hydrogen-bond acceptors (Lipinski definition) is 2. The van der Waals surface area contributed by atoms with Crippen molar-refractivity contribution in [3.63, 3.8) is 0 Å². The van der Waals surface area contributed by atoms with Gasteiger partial charge in [-0.3, -0.25) is 4.79 Å². The highest BCUT2D eigenvalue weighted by molar-refractivity contribution is 9.10. The number of carboxylic acids is 1. The molecule has 14 heavy (non-hydrogen) atoms. The maximum atomic E-state index is 10.5. The largest absolute Gasteiger partial charge is 0.481 e. The lowest BCUT2D eigenvalue weighted by atomic mass is 10.1. The van der Waals surface area contributed by atoms with Gasteiger partial charge in [-0.15, -0.1) is 0 Å². The molecule has 0 heterocycles. The van der Waals surface area contributed by atoms with Crippen LogP contribution in [0.4, 0.5) is 0 Å². The minimum absolute atomic E-state index is 0.199. The van der Waals surface area contributed by atoms with Gasteiger partial charge in [0, 0.05) is 4.47 Å². The minimum Gasteiger partial charge on any atom is -0.481 e. The molecule has 3 nitrogen and oxygen atoms in total. The Morgan fingerprint density at radius 2 is 2.29 bits per heavy atom. The molecule has 0 aromatic heterocycles. The van der Waals surface area contributed by atoms with E-state index in [2.05, 4.69) is 15.9 Å². The van der Waals surface area contributed by atoms with Gasteiger partial charge in [0.25, 0.3) is 0 Å². The number of carboxylic acid groups (broad SMARTS) is 1. The summed E-state index contributed by atoms with van der Waals surface area (Å²) in [5.74, 6) is -0.986. The maximum Gasteiger partial charge on any atom is 0.307 e. The Hall–Kier alpha value is -1.05. The van der Waals surface area contributed by atoms with Crippen LogP contribution in [-0.2, 0) is 11.2 Å². The van der Waals surface area contributed by atoms with Crippen LogP contribution in [0.15, 0.2) is 16.6 Å². The average Bonchev–Trinajstić information content (AvgIpc) is 2.11. The van der Waals surface area contributed by atoms with Crippen molar-refractivity contribution in [2.24, 2.45) is 0 Å². The SMILES string of the molecule is N#Cc1c(CC(=O)O)ccc(Br)c1Cl.